The minimum absolute atomic E-state index is 0.0348. The fourth-order valence-corrected chi connectivity index (χ4v) is 5.52. The molecule has 9 heteroatoms. The number of hydrogen-bond acceptors (Lipinski definition) is 5. The second-order valence-corrected chi connectivity index (χ2v) is 12.9. The summed E-state index contributed by atoms with van der Waals surface area (Å²) in [4.78, 5) is 32.5. The summed E-state index contributed by atoms with van der Waals surface area (Å²) >= 11 is 6.25. The number of carbonyl (C=O) groups excluding carboxylic acids is 2. The average molecular weight is 544 g/mol. The first-order valence-electron chi connectivity index (χ1n) is 13.6. The van der Waals surface area contributed by atoms with Crippen LogP contribution in [0.2, 0.25) is 5.02 Å². The highest BCUT2D eigenvalue weighted by molar-refractivity contribution is 6.30. The summed E-state index contributed by atoms with van der Waals surface area (Å²) in [7, 11) is 0. The quantitative estimate of drug-likeness (QED) is 0.498. The van der Waals surface area contributed by atoms with Crippen molar-refractivity contribution in [3.05, 3.63) is 46.2 Å². The Kier molecular flexibility index (Phi) is 8.03. The number of piperidine rings is 1. The van der Waals surface area contributed by atoms with Crippen molar-refractivity contribution in [1.82, 2.24) is 19.6 Å². The van der Waals surface area contributed by atoms with Crippen LogP contribution in [0.25, 0.3) is 0 Å². The maximum Gasteiger partial charge on any atom is 0.410 e. The molecular formula is C29H42ClN5O3. The van der Waals surface area contributed by atoms with Crippen LogP contribution in [-0.4, -0.2) is 76.5 Å². The van der Waals surface area contributed by atoms with Crippen LogP contribution in [0.5, 0.6) is 0 Å². The zero-order valence-corrected chi connectivity index (χ0v) is 24.6. The number of halogens is 1. The van der Waals surface area contributed by atoms with Crippen molar-refractivity contribution in [3.8, 4) is 0 Å². The lowest BCUT2D eigenvalue weighted by Crippen LogP contribution is -2.49. The third-order valence-corrected chi connectivity index (χ3v) is 7.52. The first-order valence-corrected chi connectivity index (χ1v) is 14.0. The molecule has 2 aliphatic rings. The number of ether oxygens (including phenoxy) is 1. The number of carbonyl (C=O) groups is 2. The predicted octanol–water partition coefficient (Wildman–Crippen LogP) is 5.68. The molecule has 2 aliphatic heterocycles. The summed E-state index contributed by atoms with van der Waals surface area (Å²) in [5.41, 5.74) is 3.19. The maximum absolute atomic E-state index is 13.8. The minimum Gasteiger partial charge on any atom is -0.444 e. The van der Waals surface area contributed by atoms with Gasteiger partial charge in [0.1, 0.15) is 5.60 Å². The molecule has 2 amide bonds. The summed E-state index contributed by atoms with van der Waals surface area (Å²) in [6.45, 7) is 18.1. The minimum atomic E-state index is -0.520. The standard InChI is InChI=1S/C29H42ClN5O3/c1-20-8-9-22(30)18-24(20)32-14-16-33(17-15-32)26(36)23-19-31-35(28(2,3)4)25(23)21-10-12-34(13-11-21)27(37)38-29(5,6)7/h8-9,18-19,21H,10-17H2,1-7H3. The van der Waals surface area contributed by atoms with Crippen molar-refractivity contribution in [2.45, 2.75) is 78.4 Å². The SMILES string of the molecule is Cc1ccc(Cl)cc1N1CCN(C(=O)c2cnn(C(C)(C)C)c2C2CCN(C(=O)OC(C)(C)C)CC2)CC1. The third kappa shape index (κ3) is 6.28. The van der Waals surface area contributed by atoms with Gasteiger partial charge in [-0.25, -0.2) is 4.79 Å². The molecule has 8 nitrogen and oxygen atoms in total. The molecular weight excluding hydrogens is 502 g/mol. The van der Waals surface area contributed by atoms with E-state index < -0.39 is 5.60 Å². The largest absolute Gasteiger partial charge is 0.444 e. The lowest BCUT2D eigenvalue weighted by Gasteiger charge is -2.38. The second-order valence-electron chi connectivity index (χ2n) is 12.5. The van der Waals surface area contributed by atoms with Gasteiger partial charge in [-0.3, -0.25) is 9.48 Å². The van der Waals surface area contributed by atoms with Crippen LogP contribution in [0.1, 0.15) is 81.9 Å². The lowest BCUT2D eigenvalue weighted by atomic mass is 9.90. The highest BCUT2D eigenvalue weighted by atomic mass is 35.5. The van der Waals surface area contributed by atoms with E-state index in [9.17, 15) is 9.59 Å². The number of aromatic nitrogens is 2. The Hall–Kier alpha value is -2.74. The Bertz CT molecular complexity index is 1160. The monoisotopic (exact) mass is 543 g/mol. The first kappa shape index (κ1) is 28.3. The molecule has 4 rings (SSSR count). The van der Waals surface area contributed by atoms with E-state index in [1.807, 2.05) is 48.6 Å². The van der Waals surface area contributed by atoms with Crippen molar-refractivity contribution >= 4 is 29.3 Å². The number of aryl methyl sites for hydroxylation is 1. The zero-order valence-electron chi connectivity index (χ0n) is 23.9. The molecule has 2 aromatic rings. The van der Waals surface area contributed by atoms with Crippen molar-refractivity contribution in [3.63, 3.8) is 0 Å². The van der Waals surface area contributed by atoms with Crippen LogP contribution in [-0.2, 0) is 10.3 Å². The molecule has 0 radical (unpaired) electrons. The molecule has 38 heavy (non-hydrogen) atoms. The molecule has 1 aromatic heterocycles. The Balaban J connectivity index is 1.49. The van der Waals surface area contributed by atoms with E-state index >= 15 is 0 Å². The number of amides is 2. The van der Waals surface area contributed by atoms with Crippen LogP contribution in [0.3, 0.4) is 0 Å². The van der Waals surface area contributed by atoms with Gasteiger partial charge >= 0.3 is 6.09 Å². The number of hydrogen-bond donors (Lipinski definition) is 0. The van der Waals surface area contributed by atoms with Crippen LogP contribution in [0, 0.1) is 6.92 Å². The van der Waals surface area contributed by atoms with E-state index in [1.54, 1.807) is 11.1 Å². The highest BCUT2D eigenvalue weighted by Crippen LogP contribution is 2.35. The number of nitrogens with zero attached hydrogens (tertiary/aromatic N) is 5. The van der Waals surface area contributed by atoms with Gasteiger partial charge in [-0.15, -0.1) is 0 Å². The molecule has 0 spiro atoms. The summed E-state index contributed by atoms with van der Waals surface area (Å²) in [6, 6.07) is 5.95. The fourth-order valence-electron chi connectivity index (χ4n) is 5.36. The Morgan fingerprint density at radius 1 is 0.947 bits per heavy atom. The van der Waals surface area contributed by atoms with Gasteiger partial charge in [-0.05, 0) is 79.0 Å². The summed E-state index contributed by atoms with van der Waals surface area (Å²) in [6.07, 6.45) is 3.01. The molecule has 2 fully saturated rings. The number of piperazine rings is 1. The van der Waals surface area contributed by atoms with Crippen LogP contribution in [0.4, 0.5) is 10.5 Å². The molecule has 0 unspecified atom stereocenters. The summed E-state index contributed by atoms with van der Waals surface area (Å²) in [5.74, 6) is 0.178. The maximum atomic E-state index is 13.8. The molecule has 208 valence electrons. The Labute approximate surface area is 231 Å². The van der Waals surface area contributed by atoms with E-state index in [4.69, 9.17) is 21.4 Å². The number of rotatable bonds is 3. The zero-order chi connectivity index (χ0) is 27.8. The molecule has 0 aliphatic carbocycles. The predicted molar refractivity (Wildman–Crippen MR) is 151 cm³/mol. The van der Waals surface area contributed by atoms with Gasteiger partial charge in [-0.2, -0.15) is 5.10 Å². The normalized spacial score (nSPS) is 17.6. The molecule has 1 aromatic carbocycles. The van der Waals surface area contributed by atoms with E-state index in [0.717, 1.165) is 42.3 Å². The molecule has 0 atom stereocenters. The second kappa shape index (κ2) is 10.8. The smallest absolute Gasteiger partial charge is 0.410 e. The van der Waals surface area contributed by atoms with Crippen molar-refractivity contribution in [2.24, 2.45) is 0 Å². The van der Waals surface area contributed by atoms with Gasteiger partial charge in [0.2, 0.25) is 0 Å². The molecule has 0 bridgehead atoms. The van der Waals surface area contributed by atoms with E-state index in [2.05, 4.69) is 32.6 Å². The van der Waals surface area contributed by atoms with Gasteiger partial charge in [0.05, 0.1) is 23.0 Å². The van der Waals surface area contributed by atoms with Crippen molar-refractivity contribution < 1.29 is 14.3 Å². The molecule has 2 saturated heterocycles. The third-order valence-electron chi connectivity index (χ3n) is 7.28. The van der Waals surface area contributed by atoms with E-state index in [0.29, 0.717) is 31.7 Å². The lowest BCUT2D eigenvalue weighted by molar-refractivity contribution is 0.0201. The number of benzene rings is 1. The van der Waals surface area contributed by atoms with Crippen LogP contribution < -0.4 is 4.90 Å². The number of anilines is 1. The van der Waals surface area contributed by atoms with Crippen LogP contribution in [0.15, 0.2) is 24.4 Å². The fraction of sp³-hybridized carbons (Fsp3) is 0.621. The van der Waals surface area contributed by atoms with Gasteiger partial charge in [0.15, 0.2) is 0 Å². The van der Waals surface area contributed by atoms with Crippen molar-refractivity contribution in [2.75, 3.05) is 44.2 Å². The van der Waals surface area contributed by atoms with E-state index in [-0.39, 0.29) is 23.5 Å². The molecule has 3 heterocycles. The Morgan fingerprint density at radius 3 is 2.16 bits per heavy atom. The summed E-state index contributed by atoms with van der Waals surface area (Å²) in [5, 5.41) is 5.43. The highest BCUT2D eigenvalue weighted by Gasteiger charge is 2.35. The van der Waals surface area contributed by atoms with Crippen molar-refractivity contribution in [1.29, 1.82) is 0 Å². The van der Waals surface area contributed by atoms with Gasteiger partial charge in [-0.1, -0.05) is 17.7 Å². The van der Waals surface area contributed by atoms with Gasteiger partial charge < -0.3 is 19.4 Å². The average Bonchev–Trinajstić information content (AvgIpc) is 3.30. The topological polar surface area (TPSA) is 70.9 Å². The summed E-state index contributed by atoms with van der Waals surface area (Å²) < 4.78 is 7.59. The van der Waals surface area contributed by atoms with E-state index in [1.165, 1.54) is 5.56 Å². The Morgan fingerprint density at radius 2 is 1.58 bits per heavy atom. The molecule has 0 N–H and O–H groups in total. The van der Waals surface area contributed by atoms with Crippen LogP contribution >= 0.6 is 11.6 Å². The number of likely N-dealkylation sites (tertiary alicyclic amines) is 1. The van der Waals surface area contributed by atoms with Gasteiger partial charge in [0, 0.05) is 55.9 Å². The first-order chi connectivity index (χ1) is 17.7. The van der Waals surface area contributed by atoms with Gasteiger partial charge in [0.25, 0.3) is 5.91 Å². The molecule has 0 saturated carbocycles.